The lowest BCUT2D eigenvalue weighted by Gasteiger charge is -2.20. The van der Waals surface area contributed by atoms with Gasteiger partial charge in [0.2, 0.25) is 17.6 Å². The van der Waals surface area contributed by atoms with Gasteiger partial charge in [-0.2, -0.15) is 5.10 Å². The lowest BCUT2D eigenvalue weighted by molar-refractivity contribution is -0.117. The maximum Gasteiger partial charge on any atom is 0.246 e. The monoisotopic (exact) mass is 448 g/mol. The molecule has 0 atom stereocenters. The molecule has 2 amide bonds. The molecular weight excluding hydrogens is 424 g/mol. The molecule has 4 rings (SSSR count). The normalized spacial score (nSPS) is 12.4. The number of fused-ring (bicyclic) bond motifs is 1. The number of hydrogen-bond acceptors (Lipinski definition) is 6. The van der Waals surface area contributed by atoms with E-state index in [1.807, 2.05) is 18.2 Å². The number of carbonyl (C=O) groups is 2. The summed E-state index contributed by atoms with van der Waals surface area (Å²) in [5.74, 6) is 1.28. The molecule has 3 aromatic rings. The van der Waals surface area contributed by atoms with Crippen molar-refractivity contribution in [1.29, 1.82) is 0 Å². The maximum atomic E-state index is 12.3. The van der Waals surface area contributed by atoms with Crippen molar-refractivity contribution in [3.63, 3.8) is 0 Å². The Balaban J connectivity index is 1.32. The van der Waals surface area contributed by atoms with Crippen LogP contribution in [-0.2, 0) is 22.7 Å². The van der Waals surface area contributed by atoms with Crippen LogP contribution in [0.5, 0.6) is 17.2 Å². The number of hydrogen-bond donors (Lipinski definition) is 2. The number of benzene rings is 2. The van der Waals surface area contributed by atoms with Crippen LogP contribution in [0, 0.1) is 0 Å². The van der Waals surface area contributed by atoms with E-state index < -0.39 is 0 Å². The van der Waals surface area contributed by atoms with E-state index in [0.29, 0.717) is 42.7 Å². The first-order valence-electron chi connectivity index (χ1n) is 10.4. The number of anilines is 1. The number of amides is 2. The van der Waals surface area contributed by atoms with Crippen molar-refractivity contribution in [3.8, 4) is 17.2 Å². The van der Waals surface area contributed by atoms with Gasteiger partial charge in [0.05, 0.1) is 7.11 Å². The standard InChI is InChI=1S/C24H24N4O5/c1-31-20-13-17(14-21-24(20)33-11-10-32-21)6-7-22(29)25-15-18-4-2-5-19(12-18)27-23(30)16-28-9-3-8-26-28/h2-9,12-14H,10-11,15-16H2,1H3,(H,25,29)(H,27,30). The second-order valence-corrected chi connectivity index (χ2v) is 7.25. The number of ether oxygens (including phenoxy) is 3. The Morgan fingerprint density at radius 1 is 1.18 bits per heavy atom. The molecule has 0 unspecified atom stereocenters. The first-order valence-corrected chi connectivity index (χ1v) is 10.4. The topological polar surface area (TPSA) is 104 Å². The van der Waals surface area contributed by atoms with E-state index in [-0.39, 0.29) is 18.4 Å². The van der Waals surface area contributed by atoms with Crippen molar-refractivity contribution in [1.82, 2.24) is 15.1 Å². The molecule has 0 bridgehead atoms. The minimum absolute atomic E-state index is 0.128. The molecular formula is C24H24N4O5. The van der Waals surface area contributed by atoms with Gasteiger partial charge < -0.3 is 24.8 Å². The van der Waals surface area contributed by atoms with Crippen molar-refractivity contribution in [2.45, 2.75) is 13.1 Å². The molecule has 0 saturated carbocycles. The van der Waals surface area contributed by atoms with Gasteiger partial charge in [-0.1, -0.05) is 12.1 Å². The van der Waals surface area contributed by atoms with Crippen LogP contribution in [0.1, 0.15) is 11.1 Å². The molecule has 0 spiro atoms. The molecule has 1 aromatic heterocycles. The Bertz CT molecular complexity index is 1140. The van der Waals surface area contributed by atoms with Gasteiger partial charge in [-0.25, -0.2) is 0 Å². The Morgan fingerprint density at radius 2 is 2.06 bits per heavy atom. The highest BCUT2D eigenvalue weighted by Crippen LogP contribution is 2.40. The Morgan fingerprint density at radius 3 is 2.88 bits per heavy atom. The van der Waals surface area contributed by atoms with E-state index in [1.165, 1.54) is 6.08 Å². The molecule has 0 radical (unpaired) electrons. The second-order valence-electron chi connectivity index (χ2n) is 7.25. The smallest absolute Gasteiger partial charge is 0.246 e. The average Bonchev–Trinajstić information content (AvgIpc) is 3.34. The summed E-state index contributed by atoms with van der Waals surface area (Å²) in [5, 5.41) is 9.68. The molecule has 1 aliphatic heterocycles. The predicted molar refractivity (Wildman–Crippen MR) is 122 cm³/mol. The van der Waals surface area contributed by atoms with E-state index in [4.69, 9.17) is 14.2 Å². The summed E-state index contributed by atoms with van der Waals surface area (Å²) in [4.78, 5) is 24.4. The number of nitrogens with one attached hydrogen (secondary N) is 2. The van der Waals surface area contributed by atoms with Gasteiger partial charge in [0, 0.05) is 30.7 Å². The summed E-state index contributed by atoms with van der Waals surface area (Å²) in [6, 6.07) is 12.7. The van der Waals surface area contributed by atoms with Crippen LogP contribution in [0.4, 0.5) is 5.69 Å². The molecule has 1 aliphatic rings. The predicted octanol–water partition coefficient (Wildman–Crippen LogP) is 2.63. The molecule has 0 fully saturated rings. The minimum atomic E-state index is -0.253. The van der Waals surface area contributed by atoms with Gasteiger partial charge in [0.1, 0.15) is 19.8 Å². The zero-order valence-electron chi connectivity index (χ0n) is 18.1. The summed E-state index contributed by atoms with van der Waals surface area (Å²) in [6.07, 6.45) is 6.47. The number of carbonyl (C=O) groups excluding carboxylic acids is 2. The van der Waals surface area contributed by atoms with Crippen molar-refractivity contribution >= 4 is 23.6 Å². The largest absolute Gasteiger partial charge is 0.493 e. The molecule has 33 heavy (non-hydrogen) atoms. The quantitative estimate of drug-likeness (QED) is 0.514. The number of nitrogens with zero attached hydrogens (tertiary/aromatic N) is 2. The van der Waals surface area contributed by atoms with Crippen LogP contribution in [0.15, 0.2) is 60.9 Å². The summed E-state index contributed by atoms with van der Waals surface area (Å²) >= 11 is 0. The molecule has 2 N–H and O–H groups in total. The fourth-order valence-corrected chi connectivity index (χ4v) is 3.31. The number of methoxy groups -OCH3 is 1. The number of aromatic nitrogens is 2. The molecule has 9 nitrogen and oxygen atoms in total. The van der Waals surface area contributed by atoms with Gasteiger partial charge in [0.25, 0.3) is 0 Å². The first-order chi connectivity index (χ1) is 16.1. The minimum Gasteiger partial charge on any atom is -0.493 e. The van der Waals surface area contributed by atoms with Crippen LogP contribution in [0.3, 0.4) is 0 Å². The van der Waals surface area contributed by atoms with Crippen LogP contribution in [0.25, 0.3) is 6.08 Å². The van der Waals surface area contributed by atoms with Gasteiger partial charge in [-0.05, 0) is 47.5 Å². The summed E-state index contributed by atoms with van der Waals surface area (Å²) < 4.78 is 18.1. The Kier molecular flexibility index (Phi) is 6.89. The van der Waals surface area contributed by atoms with Crippen LogP contribution in [-0.4, -0.2) is 41.9 Å². The molecule has 170 valence electrons. The highest BCUT2D eigenvalue weighted by atomic mass is 16.6. The van der Waals surface area contributed by atoms with Crippen molar-refractivity contribution in [2.24, 2.45) is 0 Å². The van der Waals surface area contributed by atoms with Crippen molar-refractivity contribution in [2.75, 3.05) is 25.6 Å². The second kappa shape index (κ2) is 10.4. The third-order valence-corrected chi connectivity index (χ3v) is 4.82. The van der Waals surface area contributed by atoms with Gasteiger partial charge >= 0.3 is 0 Å². The highest BCUT2D eigenvalue weighted by Gasteiger charge is 2.17. The zero-order valence-corrected chi connectivity index (χ0v) is 18.1. The van der Waals surface area contributed by atoms with Gasteiger partial charge in [-0.15, -0.1) is 0 Å². The summed E-state index contributed by atoms with van der Waals surface area (Å²) in [6.45, 7) is 1.38. The Labute approximate surface area is 191 Å². The van der Waals surface area contributed by atoms with E-state index >= 15 is 0 Å². The first kappa shape index (κ1) is 21.9. The SMILES string of the molecule is COc1cc(C=CC(=O)NCc2cccc(NC(=O)Cn3cccn3)c2)cc2c1OCCO2. The zero-order chi connectivity index (χ0) is 23.0. The number of rotatable bonds is 8. The average molecular weight is 448 g/mol. The lowest BCUT2D eigenvalue weighted by atomic mass is 10.1. The van der Waals surface area contributed by atoms with E-state index in [2.05, 4.69) is 15.7 Å². The third kappa shape index (κ3) is 5.91. The van der Waals surface area contributed by atoms with Gasteiger partial charge in [0.15, 0.2) is 11.5 Å². The highest BCUT2D eigenvalue weighted by molar-refractivity contribution is 5.92. The molecule has 0 saturated heterocycles. The third-order valence-electron chi connectivity index (χ3n) is 4.82. The van der Waals surface area contributed by atoms with Crippen LogP contribution >= 0.6 is 0 Å². The van der Waals surface area contributed by atoms with Crippen molar-refractivity contribution < 1.29 is 23.8 Å². The van der Waals surface area contributed by atoms with Crippen molar-refractivity contribution in [3.05, 3.63) is 72.1 Å². The van der Waals surface area contributed by atoms with E-state index in [1.54, 1.807) is 54.5 Å². The van der Waals surface area contributed by atoms with E-state index in [9.17, 15) is 9.59 Å². The van der Waals surface area contributed by atoms with Gasteiger partial charge in [-0.3, -0.25) is 14.3 Å². The maximum absolute atomic E-state index is 12.3. The van der Waals surface area contributed by atoms with Crippen LogP contribution in [0.2, 0.25) is 0 Å². The van der Waals surface area contributed by atoms with Crippen LogP contribution < -0.4 is 24.8 Å². The fraction of sp³-hybridized carbons (Fsp3) is 0.208. The summed E-state index contributed by atoms with van der Waals surface area (Å²) in [5.41, 5.74) is 2.26. The molecule has 9 heteroatoms. The Hall–Kier alpha value is -4.27. The fourth-order valence-electron chi connectivity index (χ4n) is 3.31. The molecule has 0 aliphatic carbocycles. The molecule has 2 aromatic carbocycles. The molecule has 2 heterocycles. The summed E-state index contributed by atoms with van der Waals surface area (Å²) in [7, 11) is 1.56. The van der Waals surface area contributed by atoms with E-state index in [0.717, 1.165) is 11.1 Å². The lowest BCUT2D eigenvalue weighted by Crippen LogP contribution is -2.21.